The van der Waals surface area contributed by atoms with Crippen molar-refractivity contribution in [1.82, 2.24) is 24.2 Å². The fourth-order valence-corrected chi connectivity index (χ4v) is 3.51. The number of nitrogens with one attached hydrogen (secondary N) is 1. The van der Waals surface area contributed by atoms with E-state index in [1.165, 1.54) is 0 Å². The minimum atomic E-state index is -0.589. The van der Waals surface area contributed by atoms with Gasteiger partial charge in [0, 0.05) is 45.1 Å². The Hall–Kier alpha value is -2.35. The molecule has 2 aromatic rings. The van der Waals surface area contributed by atoms with Crippen LogP contribution in [0.25, 0.3) is 0 Å². The molecule has 0 aliphatic carbocycles. The van der Waals surface area contributed by atoms with E-state index in [4.69, 9.17) is 0 Å². The molecule has 1 saturated heterocycles. The molecule has 3 heterocycles. The minimum absolute atomic E-state index is 0.104. The molecular formula is C18H28N6O2. The van der Waals surface area contributed by atoms with Crippen LogP contribution in [-0.2, 0) is 13.6 Å². The van der Waals surface area contributed by atoms with E-state index < -0.39 is 6.10 Å². The third-order valence-corrected chi connectivity index (χ3v) is 4.97. The average Bonchev–Trinajstić information content (AvgIpc) is 3.20. The number of piperidine rings is 1. The van der Waals surface area contributed by atoms with Gasteiger partial charge in [-0.25, -0.2) is 14.5 Å². The van der Waals surface area contributed by atoms with Gasteiger partial charge in [-0.2, -0.15) is 5.10 Å². The first-order chi connectivity index (χ1) is 12.5. The highest BCUT2D eigenvalue weighted by Crippen LogP contribution is 2.30. The maximum Gasteiger partial charge on any atom is 0.322 e. The number of aliphatic hydroxyl groups is 1. The monoisotopic (exact) mass is 360 g/mol. The fraction of sp³-hybridized carbons (Fsp3) is 0.611. The zero-order valence-corrected chi connectivity index (χ0v) is 15.7. The van der Waals surface area contributed by atoms with Crippen LogP contribution in [0, 0.1) is 12.8 Å². The first-order valence-electron chi connectivity index (χ1n) is 9.25. The molecule has 1 aliphatic heterocycles. The molecular weight excluding hydrogens is 332 g/mol. The molecule has 2 amide bonds. The van der Waals surface area contributed by atoms with Crippen molar-refractivity contribution in [3.8, 4) is 0 Å². The predicted octanol–water partition coefficient (Wildman–Crippen LogP) is 2.31. The van der Waals surface area contributed by atoms with Gasteiger partial charge in [-0.05, 0) is 32.1 Å². The molecule has 0 bridgehead atoms. The van der Waals surface area contributed by atoms with Gasteiger partial charge in [0.15, 0.2) is 0 Å². The molecule has 0 radical (unpaired) electrons. The van der Waals surface area contributed by atoms with E-state index in [2.05, 4.69) is 22.3 Å². The summed E-state index contributed by atoms with van der Waals surface area (Å²) < 4.78 is 3.69. The first-order valence-corrected chi connectivity index (χ1v) is 9.25. The molecule has 3 rings (SSSR count). The van der Waals surface area contributed by atoms with Crippen LogP contribution in [0.1, 0.15) is 43.8 Å². The van der Waals surface area contributed by atoms with Crippen LogP contribution in [0.4, 0.5) is 10.6 Å². The van der Waals surface area contributed by atoms with Crippen LogP contribution in [0.2, 0.25) is 0 Å². The highest BCUT2D eigenvalue weighted by Gasteiger charge is 2.30. The van der Waals surface area contributed by atoms with Crippen LogP contribution in [-0.4, -0.2) is 48.5 Å². The molecule has 1 atom stereocenters. The molecule has 0 aromatic carbocycles. The van der Waals surface area contributed by atoms with Gasteiger partial charge in [0.1, 0.15) is 17.7 Å². The van der Waals surface area contributed by atoms with Crippen LogP contribution in [0.5, 0.6) is 0 Å². The number of aryl methyl sites for hydroxylation is 3. The van der Waals surface area contributed by atoms with E-state index in [0.29, 0.717) is 18.9 Å². The maximum absolute atomic E-state index is 12.6. The summed E-state index contributed by atoms with van der Waals surface area (Å²) in [5.74, 6) is 1.55. The molecule has 8 nitrogen and oxygen atoms in total. The highest BCUT2D eigenvalue weighted by atomic mass is 16.3. The second-order valence-electron chi connectivity index (χ2n) is 6.99. The zero-order valence-electron chi connectivity index (χ0n) is 15.7. The number of hydrogen-bond donors (Lipinski definition) is 2. The number of aliphatic hydroxyl groups excluding tert-OH is 1. The smallest absolute Gasteiger partial charge is 0.322 e. The number of amides is 2. The molecule has 1 aliphatic rings. The molecule has 0 spiro atoms. The summed E-state index contributed by atoms with van der Waals surface area (Å²) in [5, 5.41) is 17.9. The zero-order chi connectivity index (χ0) is 18.7. The number of imidazole rings is 1. The molecule has 2 N–H and O–H groups in total. The molecule has 8 heteroatoms. The summed E-state index contributed by atoms with van der Waals surface area (Å²) in [5.41, 5.74) is 0.894. The second kappa shape index (κ2) is 7.90. The number of hydrogen-bond acceptors (Lipinski definition) is 4. The van der Waals surface area contributed by atoms with Crippen molar-refractivity contribution < 1.29 is 9.90 Å². The van der Waals surface area contributed by atoms with Gasteiger partial charge in [0.2, 0.25) is 0 Å². The van der Waals surface area contributed by atoms with E-state index in [0.717, 1.165) is 37.3 Å². The molecule has 1 fully saturated rings. The van der Waals surface area contributed by atoms with Gasteiger partial charge in [-0.1, -0.05) is 6.92 Å². The Morgan fingerprint density at radius 2 is 2.15 bits per heavy atom. The predicted molar refractivity (Wildman–Crippen MR) is 98.7 cm³/mol. The lowest BCUT2D eigenvalue weighted by Gasteiger charge is -2.34. The van der Waals surface area contributed by atoms with E-state index in [1.807, 2.05) is 35.5 Å². The van der Waals surface area contributed by atoms with E-state index in [-0.39, 0.29) is 11.9 Å². The van der Waals surface area contributed by atoms with E-state index >= 15 is 0 Å². The summed E-state index contributed by atoms with van der Waals surface area (Å²) >= 11 is 0. The number of carbonyl (C=O) groups excluding carboxylic acids is 1. The van der Waals surface area contributed by atoms with Crippen molar-refractivity contribution in [1.29, 1.82) is 0 Å². The summed E-state index contributed by atoms with van der Waals surface area (Å²) in [7, 11) is 1.88. The molecule has 0 saturated carbocycles. The SMILES string of the molecule is CCCn1nc(C)cc1NC(=O)N1CCC([C@@H](O)c2nccn2C)CC1. The van der Waals surface area contributed by atoms with Gasteiger partial charge in [-0.3, -0.25) is 5.32 Å². The largest absolute Gasteiger partial charge is 0.385 e. The van der Waals surface area contributed by atoms with Crippen molar-refractivity contribution in [3.05, 3.63) is 30.0 Å². The number of aromatic nitrogens is 4. The van der Waals surface area contributed by atoms with Crippen molar-refractivity contribution >= 4 is 11.8 Å². The average molecular weight is 360 g/mol. The quantitative estimate of drug-likeness (QED) is 0.856. The van der Waals surface area contributed by atoms with Crippen molar-refractivity contribution in [2.75, 3.05) is 18.4 Å². The van der Waals surface area contributed by atoms with Gasteiger partial charge >= 0.3 is 6.03 Å². The fourth-order valence-electron chi connectivity index (χ4n) is 3.51. The third-order valence-electron chi connectivity index (χ3n) is 4.97. The van der Waals surface area contributed by atoms with Crippen LogP contribution < -0.4 is 5.32 Å². The minimum Gasteiger partial charge on any atom is -0.385 e. The highest BCUT2D eigenvalue weighted by molar-refractivity contribution is 5.88. The lowest BCUT2D eigenvalue weighted by atomic mass is 9.91. The van der Waals surface area contributed by atoms with Crippen LogP contribution in [0.3, 0.4) is 0 Å². The van der Waals surface area contributed by atoms with E-state index in [1.54, 1.807) is 11.1 Å². The van der Waals surface area contributed by atoms with Gasteiger partial charge < -0.3 is 14.6 Å². The molecule has 2 aromatic heterocycles. The van der Waals surface area contributed by atoms with Crippen molar-refractivity contribution in [2.45, 2.75) is 45.8 Å². The molecule has 0 unspecified atom stereocenters. The lowest BCUT2D eigenvalue weighted by molar-refractivity contribution is 0.0599. The number of likely N-dealkylation sites (tertiary alicyclic amines) is 1. The Morgan fingerprint density at radius 1 is 1.42 bits per heavy atom. The van der Waals surface area contributed by atoms with Gasteiger partial charge in [-0.15, -0.1) is 0 Å². The van der Waals surface area contributed by atoms with Crippen LogP contribution >= 0.6 is 0 Å². The molecule has 26 heavy (non-hydrogen) atoms. The number of carbonyl (C=O) groups is 1. The standard InChI is InChI=1S/C18H28N6O2/c1-4-8-24-15(12-13(2)21-24)20-18(26)23-9-5-14(6-10-23)16(25)17-19-7-11-22(17)3/h7,11-12,14,16,25H,4-6,8-10H2,1-3H3,(H,20,26)/t16-/m1/s1. The maximum atomic E-state index is 12.6. The first kappa shape index (κ1) is 18.4. The summed E-state index contributed by atoms with van der Waals surface area (Å²) in [6, 6.07) is 1.79. The van der Waals surface area contributed by atoms with Crippen molar-refractivity contribution in [3.63, 3.8) is 0 Å². The normalized spacial score (nSPS) is 16.7. The van der Waals surface area contributed by atoms with Gasteiger partial charge in [0.05, 0.1) is 5.69 Å². The Bertz CT molecular complexity index is 745. The molecule has 142 valence electrons. The number of nitrogens with zero attached hydrogens (tertiary/aromatic N) is 5. The number of rotatable bonds is 5. The Kier molecular flexibility index (Phi) is 5.61. The summed E-state index contributed by atoms with van der Waals surface area (Å²) in [6.07, 6.45) is 5.42. The number of urea groups is 1. The Balaban J connectivity index is 1.56. The summed E-state index contributed by atoms with van der Waals surface area (Å²) in [4.78, 5) is 18.6. The van der Waals surface area contributed by atoms with Crippen molar-refractivity contribution in [2.24, 2.45) is 13.0 Å². The van der Waals surface area contributed by atoms with Gasteiger partial charge in [0.25, 0.3) is 0 Å². The number of anilines is 1. The topological polar surface area (TPSA) is 88.2 Å². The Morgan fingerprint density at radius 3 is 2.77 bits per heavy atom. The van der Waals surface area contributed by atoms with Crippen LogP contribution in [0.15, 0.2) is 18.5 Å². The summed E-state index contributed by atoms with van der Waals surface area (Å²) in [6.45, 7) is 6.03. The third kappa shape index (κ3) is 3.90. The Labute approximate surface area is 153 Å². The lowest BCUT2D eigenvalue weighted by Crippen LogP contribution is -2.42. The van der Waals surface area contributed by atoms with E-state index in [9.17, 15) is 9.90 Å². The second-order valence-corrected chi connectivity index (χ2v) is 6.99.